The van der Waals surface area contributed by atoms with Crippen molar-refractivity contribution in [3.8, 4) is 0 Å². The van der Waals surface area contributed by atoms with Crippen LogP contribution in [0.15, 0.2) is 48.6 Å². The summed E-state index contributed by atoms with van der Waals surface area (Å²) in [6, 6.07) is -0.000735. The van der Waals surface area contributed by atoms with Crippen molar-refractivity contribution in [2.45, 2.75) is 174 Å². The van der Waals surface area contributed by atoms with E-state index in [9.17, 15) is 0 Å². The smallest absolute Gasteiger partial charge is 0.0640 e. The zero-order chi connectivity index (χ0) is 30.4. The van der Waals surface area contributed by atoms with Crippen LogP contribution in [0.2, 0.25) is 0 Å². The van der Waals surface area contributed by atoms with Crippen molar-refractivity contribution in [2.75, 3.05) is 26.4 Å². The third-order valence-corrected chi connectivity index (χ3v) is 7.64. The molecule has 0 heterocycles. The van der Waals surface area contributed by atoms with E-state index in [0.717, 1.165) is 38.9 Å². The Morgan fingerprint density at radius 2 is 0.714 bits per heavy atom. The normalized spacial score (nSPS) is 13.1. The van der Waals surface area contributed by atoms with Crippen LogP contribution < -0.4 is 5.73 Å². The van der Waals surface area contributed by atoms with Gasteiger partial charge in [-0.2, -0.15) is 0 Å². The largest absolute Gasteiger partial charge is 0.380 e. The van der Waals surface area contributed by atoms with Crippen LogP contribution in [0.5, 0.6) is 0 Å². The van der Waals surface area contributed by atoms with E-state index in [-0.39, 0.29) is 6.04 Å². The Labute approximate surface area is 263 Å². The summed E-state index contributed by atoms with van der Waals surface area (Å²) < 4.78 is 11.5. The van der Waals surface area contributed by atoms with Crippen LogP contribution >= 0.6 is 0 Å². The maximum absolute atomic E-state index is 6.15. The molecule has 0 aliphatic carbocycles. The molecule has 0 saturated heterocycles. The predicted octanol–water partition coefficient (Wildman–Crippen LogP) is 12.0. The van der Waals surface area contributed by atoms with Crippen LogP contribution in [0.4, 0.5) is 0 Å². The van der Waals surface area contributed by atoms with E-state index in [1.807, 2.05) is 0 Å². The van der Waals surface area contributed by atoms with Gasteiger partial charge in [0.2, 0.25) is 0 Å². The minimum absolute atomic E-state index is 0.000735. The summed E-state index contributed by atoms with van der Waals surface area (Å²) >= 11 is 0. The average Bonchev–Trinajstić information content (AvgIpc) is 3.00. The van der Waals surface area contributed by atoms with E-state index in [1.54, 1.807) is 0 Å². The van der Waals surface area contributed by atoms with Gasteiger partial charge >= 0.3 is 0 Å². The molecule has 0 fully saturated rings. The highest BCUT2D eigenvalue weighted by molar-refractivity contribution is 4.93. The van der Waals surface area contributed by atoms with Gasteiger partial charge in [-0.3, -0.25) is 0 Å². The third-order valence-electron chi connectivity index (χ3n) is 7.64. The number of ether oxygens (including phenoxy) is 2. The molecule has 0 radical (unpaired) electrons. The zero-order valence-electron chi connectivity index (χ0n) is 28.4. The summed E-state index contributed by atoms with van der Waals surface area (Å²) in [4.78, 5) is 0. The standard InChI is InChI=1S/C39H73NO2/c1-3-5-7-9-11-13-15-17-19-21-23-25-27-29-31-33-35-41-37-39(40)38-42-36-34-32-30-28-26-24-22-20-18-16-14-12-10-8-6-4-2/h11-14,17-20,39H,3-10,15-16,21-38,40H2,1-2H3/b13-11-,14-12+,19-17-,20-18+. The van der Waals surface area contributed by atoms with E-state index < -0.39 is 0 Å². The monoisotopic (exact) mass is 588 g/mol. The first-order valence-electron chi connectivity index (χ1n) is 18.3. The lowest BCUT2D eigenvalue weighted by molar-refractivity contribution is 0.0644. The van der Waals surface area contributed by atoms with Gasteiger partial charge in [0, 0.05) is 13.2 Å². The highest BCUT2D eigenvalue weighted by Gasteiger charge is 2.03. The Hall–Kier alpha value is -1.16. The van der Waals surface area contributed by atoms with Crippen LogP contribution in [-0.4, -0.2) is 32.5 Å². The highest BCUT2D eigenvalue weighted by Crippen LogP contribution is 2.10. The molecule has 0 aliphatic rings. The Kier molecular flexibility index (Phi) is 36.8. The third kappa shape index (κ3) is 36.9. The second-order valence-corrected chi connectivity index (χ2v) is 12.1. The molecule has 0 rings (SSSR count). The summed E-state index contributed by atoms with van der Waals surface area (Å²) in [5.41, 5.74) is 6.15. The molecule has 1 unspecified atom stereocenters. The van der Waals surface area contributed by atoms with Gasteiger partial charge in [0.05, 0.1) is 19.3 Å². The van der Waals surface area contributed by atoms with Crippen molar-refractivity contribution in [2.24, 2.45) is 5.73 Å². The van der Waals surface area contributed by atoms with Gasteiger partial charge in [0.15, 0.2) is 0 Å². The van der Waals surface area contributed by atoms with Gasteiger partial charge in [-0.05, 0) is 77.0 Å². The maximum atomic E-state index is 6.15. The molecule has 0 bridgehead atoms. The van der Waals surface area contributed by atoms with Gasteiger partial charge < -0.3 is 15.2 Å². The fourth-order valence-electron chi connectivity index (χ4n) is 4.90. The summed E-state index contributed by atoms with van der Waals surface area (Å²) in [5, 5.41) is 0. The fourth-order valence-corrected chi connectivity index (χ4v) is 4.90. The number of hydrogen-bond acceptors (Lipinski definition) is 3. The van der Waals surface area contributed by atoms with Gasteiger partial charge in [-0.1, -0.05) is 140 Å². The topological polar surface area (TPSA) is 44.5 Å². The first-order valence-corrected chi connectivity index (χ1v) is 18.3. The van der Waals surface area contributed by atoms with Gasteiger partial charge in [-0.25, -0.2) is 0 Å². The number of hydrogen-bond donors (Lipinski definition) is 1. The Bertz CT molecular complexity index is 558. The quantitative estimate of drug-likeness (QED) is 0.0601. The minimum atomic E-state index is -0.000735. The second-order valence-electron chi connectivity index (χ2n) is 12.1. The maximum Gasteiger partial charge on any atom is 0.0640 e. The number of allylic oxidation sites excluding steroid dienone is 8. The molecular weight excluding hydrogens is 514 g/mol. The Morgan fingerprint density at radius 1 is 0.405 bits per heavy atom. The van der Waals surface area contributed by atoms with E-state index in [1.165, 1.54) is 128 Å². The van der Waals surface area contributed by atoms with Crippen molar-refractivity contribution in [3.63, 3.8) is 0 Å². The van der Waals surface area contributed by atoms with Gasteiger partial charge in [-0.15, -0.1) is 0 Å². The van der Waals surface area contributed by atoms with E-state index in [4.69, 9.17) is 15.2 Å². The molecule has 3 heteroatoms. The predicted molar refractivity (Wildman–Crippen MR) is 188 cm³/mol. The molecule has 1 atom stereocenters. The van der Waals surface area contributed by atoms with Crippen molar-refractivity contribution >= 4 is 0 Å². The number of rotatable bonds is 34. The summed E-state index contributed by atoms with van der Waals surface area (Å²) in [6.45, 7) is 7.41. The second kappa shape index (κ2) is 37.9. The average molecular weight is 588 g/mol. The summed E-state index contributed by atoms with van der Waals surface area (Å²) in [5.74, 6) is 0. The number of nitrogens with two attached hydrogens (primary N) is 1. The molecule has 0 spiro atoms. The Balaban J connectivity index is 3.26. The molecule has 0 aromatic rings. The van der Waals surface area contributed by atoms with Crippen LogP contribution in [0.25, 0.3) is 0 Å². The molecule has 0 aromatic carbocycles. The molecule has 0 amide bonds. The van der Waals surface area contributed by atoms with E-state index >= 15 is 0 Å². The van der Waals surface area contributed by atoms with Crippen molar-refractivity contribution in [1.29, 1.82) is 0 Å². The lowest BCUT2D eigenvalue weighted by atomic mass is 10.1. The van der Waals surface area contributed by atoms with E-state index in [2.05, 4.69) is 62.5 Å². The lowest BCUT2D eigenvalue weighted by Gasteiger charge is -2.12. The summed E-state index contributed by atoms with van der Waals surface area (Å²) in [6.07, 6.45) is 49.2. The number of unbranched alkanes of at least 4 members (excludes halogenated alkanes) is 18. The molecule has 3 nitrogen and oxygen atoms in total. The van der Waals surface area contributed by atoms with Crippen LogP contribution in [-0.2, 0) is 9.47 Å². The molecule has 2 N–H and O–H groups in total. The summed E-state index contributed by atoms with van der Waals surface area (Å²) in [7, 11) is 0. The highest BCUT2D eigenvalue weighted by atomic mass is 16.5. The molecule has 0 aliphatic heterocycles. The molecule has 0 aromatic heterocycles. The first kappa shape index (κ1) is 40.8. The minimum Gasteiger partial charge on any atom is -0.380 e. The zero-order valence-corrected chi connectivity index (χ0v) is 28.4. The Morgan fingerprint density at radius 3 is 1.07 bits per heavy atom. The van der Waals surface area contributed by atoms with Crippen LogP contribution in [0.3, 0.4) is 0 Å². The molecule has 246 valence electrons. The van der Waals surface area contributed by atoms with Gasteiger partial charge in [0.1, 0.15) is 0 Å². The molecular formula is C39H73NO2. The first-order chi connectivity index (χ1) is 20.8. The van der Waals surface area contributed by atoms with Crippen molar-refractivity contribution in [3.05, 3.63) is 48.6 Å². The fraction of sp³-hybridized carbons (Fsp3) is 0.795. The SMILES string of the molecule is CCCCC/C=C\C/C=C\CCCCCCCCOCC(N)COCCCCCCCC/C=C/C/C=C/CCCCC. The van der Waals surface area contributed by atoms with Crippen LogP contribution in [0.1, 0.15) is 168 Å². The molecule has 42 heavy (non-hydrogen) atoms. The van der Waals surface area contributed by atoms with Gasteiger partial charge in [0.25, 0.3) is 0 Å². The van der Waals surface area contributed by atoms with Crippen molar-refractivity contribution < 1.29 is 9.47 Å². The van der Waals surface area contributed by atoms with Crippen molar-refractivity contribution in [1.82, 2.24) is 0 Å². The van der Waals surface area contributed by atoms with Crippen LogP contribution in [0, 0.1) is 0 Å². The van der Waals surface area contributed by atoms with E-state index in [0.29, 0.717) is 13.2 Å². The molecule has 0 saturated carbocycles. The lowest BCUT2D eigenvalue weighted by Crippen LogP contribution is -2.31.